The third-order valence-electron chi connectivity index (χ3n) is 2.27. The number of hydrogen-bond acceptors (Lipinski definition) is 4. The van der Waals surface area contributed by atoms with Crippen molar-refractivity contribution in [2.75, 3.05) is 13.7 Å². The Morgan fingerprint density at radius 3 is 2.74 bits per heavy atom. The molecule has 19 heavy (non-hydrogen) atoms. The van der Waals surface area contributed by atoms with Gasteiger partial charge in [0.25, 0.3) is 0 Å². The van der Waals surface area contributed by atoms with Crippen molar-refractivity contribution in [3.63, 3.8) is 0 Å². The molecule has 0 bridgehead atoms. The monoisotopic (exact) mass is 351 g/mol. The first-order valence-electron chi connectivity index (χ1n) is 5.42. The second-order valence-electron chi connectivity index (χ2n) is 3.69. The van der Waals surface area contributed by atoms with Crippen LogP contribution in [0.5, 0.6) is 5.75 Å². The minimum Gasteiger partial charge on any atom is -0.495 e. The molecule has 0 aliphatic rings. The van der Waals surface area contributed by atoms with Crippen LogP contribution < -0.4 is 9.46 Å². The van der Waals surface area contributed by atoms with Crippen molar-refractivity contribution in [2.24, 2.45) is 0 Å². The molecule has 1 aromatic rings. The first kappa shape index (κ1) is 15.9. The van der Waals surface area contributed by atoms with E-state index in [0.29, 0.717) is 4.47 Å². The van der Waals surface area contributed by atoms with Gasteiger partial charge >= 0.3 is 5.97 Å². The highest BCUT2D eigenvalue weighted by Gasteiger charge is 2.19. The molecule has 2 N–H and O–H groups in total. The molecule has 6 nitrogen and oxygen atoms in total. The maximum Gasteiger partial charge on any atom is 0.303 e. The van der Waals surface area contributed by atoms with Gasteiger partial charge < -0.3 is 9.84 Å². The van der Waals surface area contributed by atoms with E-state index in [2.05, 4.69) is 20.7 Å². The maximum atomic E-state index is 12.0. The molecular formula is C11H14BrNO5S. The first-order chi connectivity index (χ1) is 8.86. The zero-order valence-electron chi connectivity index (χ0n) is 10.2. The second kappa shape index (κ2) is 6.88. The van der Waals surface area contributed by atoms with Crippen molar-refractivity contribution in [3.05, 3.63) is 22.7 Å². The van der Waals surface area contributed by atoms with Gasteiger partial charge in [0, 0.05) is 17.4 Å². The number of ether oxygens (including phenoxy) is 1. The van der Waals surface area contributed by atoms with Crippen LogP contribution in [0.25, 0.3) is 0 Å². The van der Waals surface area contributed by atoms with E-state index in [9.17, 15) is 13.2 Å². The fraction of sp³-hybridized carbons (Fsp3) is 0.364. The van der Waals surface area contributed by atoms with Gasteiger partial charge in [-0.1, -0.05) is 15.9 Å². The molecule has 0 heterocycles. The Bertz CT molecular complexity index is 558. The van der Waals surface area contributed by atoms with Crippen molar-refractivity contribution in [1.82, 2.24) is 4.72 Å². The molecule has 0 aliphatic carbocycles. The molecule has 0 saturated heterocycles. The summed E-state index contributed by atoms with van der Waals surface area (Å²) in [7, 11) is -2.34. The number of carbonyl (C=O) groups is 1. The summed E-state index contributed by atoms with van der Waals surface area (Å²) in [6.45, 7) is 0.0598. The van der Waals surface area contributed by atoms with Gasteiger partial charge in [-0.05, 0) is 24.6 Å². The molecule has 0 radical (unpaired) electrons. The minimum absolute atomic E-state index is 0.0136. The molecule has 0 aliphatic heterocycles. The summed E-state index contributed by atoms with van der Waals surface area (Å²) in [5.74, 6) is -0.729. The predicted molar refractivity (Wildman–Crippen MR) is 72.8 cm³/mol. The lowest BCUT2D eigenvalue weighted by Gasteiger charge is -2.10. The number of sulfonamides is 1. The summed E-state index contributed by atoms with van der Waals surface area (Å²) >= 11 is 3.19. The molecule has 0 unspecified atom stereocenters. The van der Waals surface area contributed by atoms with E-state index in [1.807, 2.05) is 0 Å². The van der Waals surface area contributed by atoms with Crippen molar-refractivity contribution in [2.45, 2.75) is 17.7 Å². The zero-order chi connectivity index (χ0) is 14.5. The van der Waals surface area contributed by atoms with E-state index in [0.717, 1.165) is 0 Å². The van der Waals surface area contributed by atoms with Crippen molar-refractivity contribution in [3.8, 4) is 5.75 Å². The van der Waals surface area contributed by atoms with E-state index in [4.69, 9.17) is 9.84 Å². The molecule has 8 heteroatoms. The van der Waals surface area contributed by atoms with Crippen LogP contribution in [0, 0.1) is 0 Å². The molecule has 0 atom stereocenters. The summed E-state index contributed by atoms with van der Waals surface area (Å²) in [6, 6.07) is 4.64. The number of nitrogens with one attached hydrogen (secondary N) is 1. The zero-order valence-corrected chi connectivity index (χ0v) is 12.6. The van der Waals surface area contributed by atoms with Gasteiger partial charge in [-0.2, -0.15) is 0 Å². The standard InChI is InChI=1S/C11H14BrNO5S/c1-18-9-5-4-8(12)7-10(9)19(16,17)13-6-2-3-11(14)15/h4-5,7,13H,2-3,6H2,1H3,(H,14,15). The Morgan fingerprint density at radius 1 is 1.47 bits per heavy atom. The highest BCUT2D eigenvalue weighted by Crippen LogP contribution is 2.26. The lowest BCUT2D eigenvalue weighted by Crippen LogP contribution is -2.25. The number of carboxylic acid groups (broad SMARTS) is 1. The summed E-state index contributed by atoms with van der Waals surface area (Å²) < 4.78 is 32.0. The van der Waals surface area contributed by atoms with Crippen LogP contribution in [-0.2, 0) is 14.8 Å². The Morgan fingerprint density at radius 2 is 2.16 bits per heavy atom. The molecular weight excluding hydrogens is 338 g/mol. The number of rotatable bonds is 7. The SMILES string of the molecule is COc1ccc(Br)cc1S(=O)(=O)NCCCC(=O)O. The lowest BCUT2D eigenvalue weighted by atomic mass is 10.3. The highest BCUT2D eigenvalue weighted by atomic mass is 79.9. The van der Waals surface area contributed by atoms with E-state index >= 15 is 0 Å². The summed E-state index contributed by atoms with van der Waals surface area (Å²) in [5, 5.41) is 8.48. The third-order valence-corrected chi connectivity index (χ3v) is 4.25. The molecule has 0 fully saturated rings. The number of halogens is 1. The van der Waals surface area contributed by atoms with Crippen LogP contribution in [0.3, 0.4) is 0 Å². The van der Waals surface area contributed by atoms with Crippen LogP contribution in [0.2, 0.25) is 0 Å². The second-order valence-corrected chi connectivity index (χ2v) is 6.34. The predicted octanol–water partition coefficient (Wildman–Crippen LogP) is 1.60. The number of aliphatic carboxylic acids is 1. The fourth-order valence-corrected chi connectivity index (χ4v) is 3.16. The first-order valence-corrected chi connectivity index (χ1v) is 7.69. The maximum absolute atomic E-state index is 12.0. The van der Waals surface area contributed by atoms with E-state index in [1.54, 1.807) is 6.07 Å². The van der Waals surface area contributed by atoms with Gasteiger partial charge in [0.2, 0.25) is 10.0 Å². The van der Waals surface area contributed by atoms with Crippen molar-refractivity contribution in [1.29, 1.82) is 0 Å². The largest absolute Gasteiger partial charge is 0.495 e. The molecule has 0 spiro atoms. The van der Waals surface area contributed by atoms with Gasteiger partial charge in [0.15, 0.2) is 0 Å². The topological polar surface area (TPSA) is 92.7 Å². The Labute approximate surface area is 120 Å². The average molecular weight is 352 g/mol. The summed E-state index contributed by atoms with van der Waals surface area (Å²) in [6.07, 6.45) is 0.142. The van der Waals surface area contributed by atoms with Crippen molar-refractivity contribution < 1.29 is 23.1 Å². The number of methoxy groups -OCH3 is 1. The van der Waals surface area contributed by atoms with Gasteiger partial charge in [-0.15, -0.1) is 0 Å². The van der Waals surface area contributed by atoms with Crippen LogP contribution in [0.1, 0.15) is 12.8 Å². The molecule has 0 aromatic heterocycles. The van der Waals surface area contributed by atoms with Gasteiger partial charge in [0.05, 0.1) is 7.11 Å². The Balaban J connectivity index is 2.82. The molecule has 1 aromatic carbocycles. The minimum atomic E-state index is -3.72. The third kappa shape index (κ3) is 4.81. The highest BCUT2D eigenvalue weighted by molar-refractivity contribution is 9.10. The summed E-state index contributed by atoms with van der Waals surface area (Å²) in [4.78, 5) is 10.3. The van der Waals surface area contributed by atoms with Crippen LogP contribution >= 0.6 is 15.9 Å². The Hall–Kier alpha value is -1.12. The van der Waals surface area contributed by atoms with Gasteiger partial charge in [0.1, 0.15) is 10.6 Å². The molecule has 0 amide bonds. The Kier molecular flexibility index (Phi) is 5.77. The number of hydrogen-bond donors (Lipinski definition) is 2. The number of benzene rings is 1. The smallest absolute Gasteiger partial charge is 0.303 e. The average Bonchev–Trinajstić information content (AvgIpc) is 2.34. The van der Waals surface area contributed by atoms with Crippen molar-refractivity contribution >= 4 is 31.9 Å². The molecule has 0 saturated carbocycles. The summed E-state index contributed by atoms with van der Waals surface area (Å²) in [5.41, 5.74) is 0. The van der Waals surface area contributed by atoms with Crippen LogP contribution in [0.4, 0.5) is 0 Å². The van der Waals surface area contributed by atoms with Gasteiger partial charge in [-0.25, -0.2) is 13.1 Å². The normalized spacial score (nSPS) is 11.3. The fourth-order valence-electron chi connectivity index (χ4n) is 1.38. The number of carboxylic acids is 1. The van der Waals surface area contributed by atoms with E-state index < -0.39 is 16.0 Å². The molecule has 106 valence electrons. The van der Waals surface area contributed by atoms with Gasteiger partial charge in [-0.3, -0.25) is 4.79 Å². The van der Waals surface area contributed by atoms with Crippen LogP contribution in [-0.4, -0.2) is 33.1 Å². The molecule has 1 rings (SSSR count). The lowest BCUT2D eigenvalue weighted by molar-refractivity contribution is -0.137. The van der Waals surface area contributed by atoms with E-state index in [-0.39, 0.29) is 30.0 Å². The van der Waals surface area contributed by atoms with Crippen LogP contribution in [0.15, 0.2) is 27.6 Å². The quantitative estimate of drug-likeness (QED) is 0.727. The van der Waals surface area contributed by atoms with E-state index in [1.165, 1.54) is 19.2 Å².